The van der Waals surface area contributed by atoms with E-state index in [1.807, 2.05) is 0 Å². The molecular weight excluding hydrogens is 262 g/mol. The van der Waals surface area contributed by atoms with Gasteiger partial charge in [0.1, 0.15) is 6.04 Å². The van der Waals surface area contributed by atoms with E-state index in [-0.39, 0.29) is 18.7 Å². The third kappa shape index (κ3) is 2.37. The predicted octanol–water partition coefficient (Wildman–Crippen LogP) is 0.820. The normalized spacial score (nSPS) is 12.4. The van der Waals surface area contributed by atoms with Gasteiger partial charge in [-0.3, -0.25) is 4.79 Å². The maximum absolute atomic E-state index is 11.3. The van der Waals surface area contributed by atoms with Gasteiger partial charge in [-0.05, 0) is 18.6 Å². The predicted molar refractivity (Wildman–Crippen MR) is 73.1 cm³/mol. The Morgan fingerprint density at radius 2 is 2.00 bits per heavy atom. The molecule has 7 heteroatoms. The summed E-state index contributed by atoms with van der Waals surface area (Å²) in [6, 6.07) is 3.89. The summed E-state index contributed by atoms with van der Waals surface area (Å²) < 4.78 is 1.20. The Morgan fingerprint density at radius 1 is 1.30 bits per heavy atom. The Bertz CT molecular complexity index is 678. The number of amides is 1. The standard InChI is InChI=1S/C13H15N3O4/c14-9-3-1-2-7-8(9)6-16(12(7)18)10(13(19)20)4-5-11(15)17/h1-3,6,10,18H,4-5,14H2,(H2,15,17)(H,19,20). The number of benzene rings is 1. The molecule has 1 atom stereocenters. The first-order valence-corrected chi connectivity index (χ1v) is 6.01. The number of rotatable bonds is 5. The summed E-state index contributed by atoms with van der Waals surface area (Å²) in [6.07, 6.45) is 1.39. The van der Waals surface area contributed by atoms with Crippen LogP contribution < -0.4 is 11.5 Å². The fourth-order valence-corrected chi connectivity index (χ4v) is 2.16. The van der Waals surface area contributed by atoms with Gasteiger partial charge in [0, 0.05) is 29.1 Å². The van der Waals surface area contributed by atoms with E-state index in [4.69, 9.17) is 11.5 Å². The molecule has 1 amide bonds. The molecule has 1 heterocycles. The van der Waals surface area contributed by atoms with Crippen LogP contribution in [0.25, 0.3) is 10.8 Å². The summed E-state index contributed by atoms with van der Waals surface area (Å²) in [5, 5.41) is 20.4. The number of primary amides is 1. The molecule has 0 saturated carbocycles. The Morgan fingerprint density at radius 3 is 2.55 bits per heavy atom. The van der Waals surface area contributed by atoms with Crippen molar-refractivity contribution in [2.24, 2.45) is 5.73 Å². The van der Waals surface area contributed by atoms with Gasteiger partial charge in [-0.2, -0.15) is 0 Å². The highest BCUT2D eigenvalue weighted by Crippen LogP contribution is 2.34. The van der Waals surface area contributed by atoms with Gasteiger partial charge in [0.05, 0.1) is 0 Å². The molecule has 2 rings (SSSR count). The van der Waals surface area contributed by atoms with Crippen LogP contribution in [0.2, 0.25) is 0 Å². The van der Waals surface area contributed by atoms with Gasteiger partial charge in [-0.25, -0.2) is 4.79 Å². The molecule has 1 aromatic carbocycles. The summed E-state index contributed by atoms with van der Waals surface area (Å²) >= 11 is 0. The minimum Gasteiger partial charge on any atom is -0.494 e. The van der Waals surface area contributed by atoms with Crippen molar-refractivity contribution in [3.63, 3.8) is 0 Å². The second-order valence-corrected chi connectivity index (χ2v) is 4.53. The highest BCUT2D eigenvalue weighted by atomic mass is 16.4. The number of fused-ring (bicyclic) bond motifs is 1. The number of aromatic nitrogens is 1. The van der Waals surface area contributed by atoms with Crippen LogP contribution in [0.15, 0.2) is 24.4 Å². The van der Waals surface area contributed by atoms with Crippen LogP contribution in [0.4, 0.5) is 5.69 Å². The molecular formula is C13H15N3O4. The van der Waals surface area contributed by atoms with Gasteiger partial charge in [0.2, 0.25) is 5.91 Å². The molecule has 1 aromatic heterocycles. The number of hydrogen-bond acceptors (Lipinski definition) is 4. The first-order chi connectivity index (χ1) is 9.41. The second-order valence-electron chi connectivity index (χ2n) is 4.53. The van der Waals surface area contributed by atoms with Gasteiger partial charge < -0.3 is 26.2 Å². The summed E-state index contributed by atoms with van der Waals surface area (Å²) in [4.78, 5) is 22.1. The highest BCUT2D eigenvalue weighted by Gasteiger charge is 2.24. The first-order valence-electron chi connectivity index (χ1n) is 6.01. The fourth-order valence-electron chi connectivity index (χ4n) is 2.16. The van der Waals surface area contributed by atoms with Crippen LogP contribution in [0.5, 0.6) is 5.88 Å². The number of carbonyl (C=O) groups excluding carboxylic acids is 1. The minimum absolute atomic E-state index is 0.000873. The van der Waals surface area contributed by atoms with E-state index < -0.39 is 17.9 Å². The number of nitrogens with two attached hydrogens (primary N) is 2. The van der Waals surface area contributed by atoms with E-state index in [0.29, 0.717) is 16.5 Å². The van der Waals surface area contributed by atoms with Crippen molar-refractivity contribution in [1.82, 2.24) is 4.57 Å². The lowest BCUT2D eigenvalue weighted by Gasteiger charge is -2.14. The van der Waals surface area contributed by atoms with E-state index >= 15 is 0 Å². The van der Waals surface area contributed by atoms with Gasteiger partial charge in [0.25, 0.3) is 0 Å². The molecule has 0 spiro atoms. The number of nitrogen functional groups attached to an aromatic ring is 1. The number of anilines is 1. The van der Waals surface area contributed by atoms with Crippen LogP contribution in [-0.4, -0.2) is 26.7 Å². The van der Waals surface area contributed by atoms with Crippen LogP contribution in [0, 0.1) is 0 Å². The van der Waals surface area contributed by atoms with Crippen LogP contribution in [-0.2, 0) is 9.59 Å². The third-order valence-corrected chi connectivity index (χ3v) is 3.18. The Balaban J connectivity index is 2.48. The van der Waals surface area contributed by atoms with Crippen LogP contribution in [0.3, 0.4) is 0 Å². The summed E-state index contributed by atoms with van der Waals surface area (Å²) in [5.74, 6) is -1.93. The van der Waals surface area contributed by atoms with Crippen molar-refractivity contribution in [3.05, 3.63) is 24.4 Å². The summed E-state index contributed by atoms with van der Waals surface area (Å²) in [7, 11) is 0. The van der Waals surface area contributed by atoms with Crippen molar-refractivity contribution in [2.75, 3.05) is 5.73 Å². The lowest BCUT2D eigenvalue weighted by Crippen LogP contribution is -2.21. The zero-order valence-electron chi connectivity index (χ0n) is 10.6. The van der Waals surface area contributed by atoms with Gasteiger partial charge in [0.15, 0.2) is 5.88 Å². The fraction of sp³-hybridized carbons (Fsp3) is 0.231. The number of carboxylic acid groups (broad SMARTS) is 1. The van der Waals surface area contributed by atoms with Crippen molar-refractivity contribution in [1.29, 1.82) is 0 Å². The molecule has 0 saturated heterocycles. The number of nitrogens with zero attached hydrogens (tertiary/aromatic N) is 1. The Kier molecular flexibility index (Phi) is 3.51. The average Bonchev–Trinajstić information content (AvgIpc) is 2.69. The van der Waals surface area contributed by atoms with Crippen molar-refractivity contribution < 1.29 is 19.8 Å². The molecule has 6 N–H and O–H groups in total. The monoisotopic (exact) mass is 277 g/mol. The number of hydrogen-bond donors (Lipinski definition) is 4. The smallest absolute Gasteiger partial charge is 0.326 e. The quantitative estimate of drug-likeness (QED) is 0.601. The lowest BCUT2D eigenvalue weighted by atomic mass is 10.1. The SMILES string of the molecule is NC(=O)CCC(C(=O)O)n1cc2c(N)cccc2c1O. The van der Waals surface area contributed by atoms with Gasteiger partial charge in [-0.1, -0.05) is 6.07 Å². The number of aliphatic carboxylic acids is 1. The second kappa shape index (κ2) is 5.12. The molecule has 0 radical (unpaired) electrons. The van der Waals surface area contributed by atoms with Crippen molar-refractivity contribution >= 4 is 28.3 Å². The number of aromatic hydroxyl groups is 1. The van der Waals surface area contributed by atoms with Gasteiger partial charge >= 0.3 is 5.97 Å². The van der Waals surface area contributed by atoms with Crippen LogP contribution in [0.1, 0.15) is 18.9 Å². The molecule has 0 aliphatic rings. The third-order valence-electron chi connectivity index (χ3n) is 3.18. The Hall–Kier alpha value is -2.70. The molecule has 7 nitrogen and oxygen atoms in total. The van der Waals surface area contributed by atoms with E-state index in [1.54, 1.807) is 18.2 Å². The summed E-state index contributed by atoms with van der Waals surface area (Å²) in [6.45, 7) is 0. The average molecular weight is 277 g/mol. The number of carbonyl (C=O) groups is 2. The number of carboxylic acids is 1. The van der Waals surface area contributed by atoms with E-state index in [1.165, 1.54) is 10.8 Å². The molecule has 0 aliphatic carbocycles. The maximum atomic E-state index is 11.3. The van der Waals surface area contributed by atoms with E-state index in [9.17, 15) is 19.8 Å². The zero-order valence-corrected chi connectivity index (χ0v) is 10.6. The molecule has 0 aliphatic heterocycles. The molecule has 106 valence electrons. The maximum Gasteiger partial charge on any atom is 0.326 e. The highest BCUT2D eigenvalue weighted by molar-refractivity contribution is 5.97. The molecule has 1 unspecified atom stereocenters. The van der Waals surface area contributed by atoms with E-state index in [2.05, 4.69) is 0 Å². The van der Waals surface area contributed by atoms with E-state index in [0.717, 1.165) is 0 Å². The molecule has 0 bridgehead atoms. The minimum atomic E-state index is -1.15. The zero-order chi connectivity index (χ0) is 14.9. The lowest BCUT2D eigenvalue weighted by molar-refractivity contribution is -0.141. The topological polar surface area (TPSA) is 132 Å². The molecule has 0 fully saturated rings. The summed E-state index contributed by atoms with van der Waals surface area (Å²) in [5.41, 5.74) is 11.3. The first kappa shape index (κ1) is 13.7. The van der Waals surface area contributed by atoms with Crippen molar-refractivity contribution in [3.8, 4) is 5.88 Å². The van der Waals surface area contributed by atoms with Crippen LogP contribution >= 0.6 is 0 Å². The molecule has 20 heavy (non-hydrogen) atoms. The van der Waals surface area contributed by atoms with Crippen molar-refractivity contribution in [2.45, 2.75) is 18.9 Å². The largest absolute Gasteiger partial charge is 0.494 e. The molecule has 2 aromatic rings. The Labute approximate surface area is 114 Å². The van der Waals surface area contributed by atoms with Gasteiger partial charge in [-0.15, -0.1) is 0 Å².